The molecular weight excluding hydrogens is 246 g/mol. The summed E-state index contributed by atoms with van der Waals surface area (Å²) in [6.45, 7) is 5.13. The second-order valence-electron chi connectivity index (χ2n) is 5.10. The first-order valence-corrected chi connectivity index (χ1v) is 7.05. The van der Waals surface area contributed by atoms with Crippen molar-refractivity contribution >= 4 is 11.8 Å². The molecule has 110 valence electrons. The van der Waals surface area contributed by atoms with Crippen LogP contribution in [-0.2, 0) is 19.1 Å². The molecule has 1 heterocycles. The van der Waals surface area contributed by atoms with Gasteiger partial charge in [-0.3, -0.25) is 14.5 Å². The van der Waals surface area contributed by atoms with Crippen LogP contribution in [0.4, 0.5) is 0 Å². The molecule has 5 nitrogen and oxygen atoms in total. The summed E-state index contributed by atoms with van der Waals surface area (Å²) in [5.41, 5.74) is 0. The molecule has 0 unspecified atom stereocenters. The Morgan fingerprint density at radius 2 is 1.95 bits per heavy atom. The molecule has 1 fully saturated rings. The number of ketones is 1. The van der Waals surface area contributed by atoms with Crippen molar-refractivity contribution in [3.05, 3.63) is 0 Å². The second-order valence-corrected chi connectivity index (χ2v) is 5.10. The highest BCUT2D eigenvalue weighted by molar-refractivity contribution is 5.84. The third-order valence-corrected chi connectivity index (χ3v) is 3.27. The van der Waals surface area contributed by atoms with E-state index < -0.39 is 0 Å². The van der Waals surface area contributed by atoms with Crippen LogP contribution in [0.2, 0.25) is 0 Å². The van der Waals surface area contributed by atoms with Gasteiger partial charge >= 0.3 is 5.97 Å². The van der Waals surface area contributed by atoms with Crippen LogP contribution in [-0.4, -0.2) is 56.6 Å². The Morgan fingerprint density at radius 3 is 2.58 bits per heavy atom. The highest BCUT2D eigenvalue weighted by Gasteiger charge is 2.17. The van der Waals surface area contributed by atoms with Crippen molar-refractivity contribution in [3.63, 3.8) is 0 Å². The molecule has 19 heavy (non-hydrogen) atoms. The first-order valence-electron chi connectivity index (χ1n) is 7.05. The van der Waals surface area contributed by atoms with Crippen LogP contribution in [0.25, 0.3) is 0 Å². The molecule has 0 aromatic rings. The van der Waals surface area contributed by atoms with Gasteiger partial charge in [0.2, 0.25) is 0 Å². The molecule has 0 amide bonds. The zero-order valence-electron chi connectivity index (χ0n) is 12.0. The fourth-order valence-corrected chi connectivity index (χ4v) is 2.29. The van der Waals surface area contributed by atoms with Crippen molar-refractivity contribution in [3.8, 4) is 0 Å². The highest BCUT2D eigenvalue weighted by atomic mass is 16.5. The maximum Gasteiger partial charge on any atom is 0.306 e. The second kappa shape index (κ2) is 9.04. The first-order chi connectivity index (χ1) is 9.11. The zero-order chi connectivity index (χ0) is 14.1. The van der Waals surface area contributed by atoms with E-state index in [2.05, 4.69) is 0 Å². The van der Waals surface area contributed by atoms with Crippen LogP contribution in [0.5, 0.6) is 0 Å². The van der Waals surface area contributed by atoms with Crippen molar-refractivity contribution < 1.29 is 19.1 Å². The molecule has 0 aliphatic carbocycles. The van der Waals surface area contributed by atoms with Crippen LogP contribution in [0.15, 0.2) is 0 Å². The number of Topliss-reactive ketones (excluding diaryl/α,β-unsaturated/α-hetero) is 1. The van der Waals surface area contributed by atoms with Gasteiger partial charge in [0.1, 0.15) is 5.78 Å². The van der Waals surface area contributed by atoms with Crippen LogP contribution in [0, 0.1) is 5.92 Å². The molecule has 0 bridgehead atoms. The average Bonchev–Trinajstić information content (AvgIpc) is 2.38. The molecule has 1 saturated heterocycles. The van der Waals surface area contributed by atoms with Gasteiger partial charge in [0.05, 0.1) is 19.6 Å². The maximum atomic E-state index is 11.7. The Bertz CT molecular complexity index is 287. The topological polar surface area (TPSA) is 55.8 Å². The summed E-state index contributed by atoms with van der Waals surface area (Å²) in [4.78, 5) is 24.9. The number of esters is 1. The molecular formula is C14H25NO4. The lowest BCUT2D eigenvalue weighted by Gasteiger charge is -2.26. The van der Waals surface area contributed by atoms with Crippen LogP contribution < -0.4 is 0 Å². The summed E-state index contributed by atoms with van der Waals surface area (Å²) in [6, 6.07) is 0. The van der Waals surface area contributed by atoms with Gasteiger partial charge in [-0.05, 0) is 32.7 Å². The van der Waals surface area contributed by atoms with E-state index in [4.69, 9.17) is 9.47 Å². The Morgan fingerprint density at radius 1 is 1.26 bits per heavy atom. The van der Waals surface area contributed by atoms with E-state index in [1.807, 2.05) is 11.9 Å². The number of hydrogen-bond donors (Lipinski definition) is 0. The average molecular weight is 271 g/mol. The van der Waals surface area contributed by atoms with Crippen molar-refractivity contribution in [2.45, 2.75) is 32.6 Å². The minimum absolute atomic E-state index is 0.0996. The van der Waals surface area contributed by atoms with Gasteiger partial charge in [0, 0.05) is 26.2 Å². The van der Waals surface area contributed by atoms with Crippen molar-refractivity contribution in [1.29, 1.82) is 0 Å². The highest BCUT2D eigenvalue weighted by Crippen LogP contribution is 2.15. The fraction of sp³-hybridized carbons (Fsp3) is 0.857. The zero-order valence-corrected chi connectivity index (χ0v) is 12.0. The molecule has 0 spiro atoms. The van der Waals surface area contributed by atoms with Gasteiger partial charge in [-0.15, -0.1) is 0 Å². The molecule has 0 N–H and O–H groups in total. The van der Waals surface area contributed by atoms with Gasteiger partial charge in [0.15, 0.2) is 0 Å². The number of likely N-dealkylation sites (N-methyl/N-ethyl adjacent to an activating group) is 1. The lowest BCUT2D eigenvalue weighted by Crippen LogP contribution is -2.33. The summed E-state index contributed by atoms with van der Waals surface area (Å²) in [5, 5.41) is 0. The smallest absolute Gasteiger partial charge is 0.306 e. The van der Waals surface area contributed by atoms with Gasteiger partial charge in [-0.25, -0.2) is 0 Å². The first kappa shape index (κ1) is 16.1. The third kappa shape index (κ3) is 7.28. The Labute approximate surface area is 115 Å². The summed E-state index contributed by atoms with van der Waals surface area (Å²) in [5.74, 6) is 0.433. The van der Waals surface area contributed by atoms with Gasteiger partial charge in [-0.2, -0.15) is 0 Å². The summed E-state index contributed by atoms with van der Waals surface area (Å²) >= 11 is 0. The number of carbonyl (C=O) groups is 2. The standard InChI is InChI=1S/C14H25NO4/c1-3-19-14(17)5-4-13(16)11-15(2)10-12-6-8-18-9-7-12/h12H,3-11H2,1-2H3. The predicted molar refractivity (Wildman–Crippen MR) is 71.9 cm³/mol. The maximum absolute atomic E-state index is 11.7. The Hall–Kier alpha value is -0.940. The largest absolute Gasteiger partial charge is 0.466 e. The van der Waals surface area contributed by atoms with E-state index in [9.17, 15) is 9.59 Å². The fourth-order valence-electron chi connectivity index (χ4n) is 2.29. The van der Waals surface area contributed by atoms with E-state index >= 15 is 0 Å². The summed E-state index contributed by atoms with van der Waals surface area (Å²) in [6.07, 6.45) is 2.61. The SMILES string of the molecule is CCOC(=O)CCC(=O)CN(C)CC1CCOCC1. The minimum atomic E-state index is -0.289. The third-order valence-electron chi connectivity index (χ3n) is 3.27. The molecule has 0 aromatic heterocycles. The molecule has 0 aromatic carbocycles. The van der Waals surface area contributed by atoms with Crippen molar-refractivity contribution in [1.82, 2.24) is 4.90 Å². The van der Waals surface area contributed by atoms with Crippen LogP contribution >= 0.6 is 0 Å². The van der Waals surface area contributed by atoms with E-state index in [1.54, 1.807) is 6.92 Å². The lowest BCUT2D eigenvalue weighted by atomic mass is 10.00. The Kier molecular flexibility index (Phi) is 7.67. The monoisotopic (exact) mass is 271 g/mol. The molecule has 1 aliphatic rings. The van der Waals surface area contributed by atoms with E-state index in [1.165, 1.54) is 0 Å². The summed E-state index contributed by atoms with van der Waals surface area (Å²) in [7, 11) is 1.96. The predicted octanol–water partition coefficient (Wildman–Crippen LogP) is 1.26. The van der Waals surface area contributed by atoms with E-state index in [0.717, 1.165) is 32.6 Å². The Balaban J connectivity index is 2.14. The normalized spacial score (nSPS) is 16.6. The number of carbonyl (C=O) groups excluding carboxylic acids is 2. The molecule has 0 radical (unpaired) electrons. The van der Waals surface area contributed by atoms with E-state index in [0.29, 0.717) is 19.1 Å². The lowest BCUT2D eigenvalue weighted by molar-refractivity contribution is -0.144. The molecule has 1 aliphatic heterocycles. The van der Waals surface area contributed by atoms with Crippen LogP contribution in [0.3, 0.4) is 0 Å². The number of ether oxygens (including phenoxy) is 2. The van der Waals surface area contributed by atoms with Gasteiger partial charge < -0.3 is 9.47 Å². The number of hydrogen-bond acceptors (Lipinski definition) is 5. The van der Waals surface area contributed by atoms with Gasteiger partial charge in [-0.1, -0.05) is 0 Å². The molecule has 5 heteroatoms. The molecule has 0 saturated carbocycles. The minimum Gasteiger partial charge on any atom is -0.466 e. The number of rotatable bonds is 8. The van der Waals surface area contributed by atoms with Crippen LogP contribution in [0.1, 0.15) is 32.6 Å². The number of nitrogens with zero attached hydrogens (tertiary/aromatic N) is 1. The van der Waals surface area contributed by atoms with Crippen molar-refractivity contribution in [2.75, 3.05) is 40.0 Å². The van der Waals surface area contributed by atoms with E-state index in [-0.39, 0.29) is 24.6 Å². The van der Waals surface area contributed by atoms with Crippen molar-refractivity contribution in [2.24, 2.45) is 5.92 Å². The van der Waals surface area contributed by atoms with Gasteiger partial charge in [0.25, 0.3) is 0 Å². The summed E-state index contributed by atoms with van der Waals surface area (Å²) < 4.78 is 10.1. The molecule has 0 atom stereocenters. The quantitative estimate of drug-likeness (QED) is 0.622. The molecule has 1 rings (SSSR count).